The summed E-state index contributed by atoms with van der Waals surface area (Å²) in [6.07, 6.45) is 4.93. The summed E-state index contributed by atoms with van der Waals surface area (Å²) in [6.45, 7) is 2.97. The zero-order chi connectivity index (χ0) is 14.7. The molecule has 1 aliphatic carbocycles. The summed E-state index contributed by atoms with van der Waals surface area (Å²) in [5, 5.41) is 10.9. The number of nitro groups is 1. The molecule has 0 heterocycles. The van der Waals surface area contributed by atoms with Crippen LogP contribution in [0.15, 0.2) is 18.2 Å². The van der Waals surface area contributed by atoms with Gasteiger partial charge in [0.05, 0.1) is 4.92 Å². The van der Waals surface area contributed by atoms with Crippen LogP contribution >= 0.6 is 0 Å². The Kier molecular flexibility index (Phi) is 4.60. The summed E-state index contributed by atoms with van der Waals surface area (Å²) in [7, 11) is 2.08. The molecule has 1 fully saturated rings. The highest BCUT2D eigenvalue weighted by Gasteiger charge is 2.23. The number of rotatable bonds is 4. The van der Waals surface area contributed by atoms with Crippen molar-refractivity contribution in [3.8, 4) is 0 Å². The van der Waals surface area contributed by atoms with Crippen LogP contribution in [0.1, 0.15) is 38.2 Å². The van der Waals surface area contributed by atoms with Gasteiger partial charge < -0.3 is 5.73 Å². The number of nitrogens with zero attached hydrogens (tertiary/aromatic N) is 2. The van der Waals surface area contributed by atoms with Crippen molar-refractivity contribution in [1.82, 2.24) is 4.90 Å². The van der Waals surface area contributed by atoms with Crippen molar-refractivity contribution in [3.63, 3.8) is 0 Å². The molecule has 0 spiro atoms. The maximum Gasteiger partial charge on any atom is 0.292 e. The predicted octanol–water partition coefficient (Wildman–Crippen LogP) is 3.19. The Morgan fingerprint density at radius 2 is 2.00 bits per heavy atom. The number of para-hydroxylation sites is 1. The van der Waals surface area contributed by atoms with Crippen LogP contribution in [-0.2, 0) is 6.54 Å². The Hall–Kier alpha value is -1.62. The predicted molar refractivity (Wildman–Crippen MR) is 80.4 cm³/mol. The molecule has 0 aromatic heterocycles. The molecule has 0 radical (unpaired) electrons. The van der Waals surface area contributed by atoms with Crippen LogP contribution in [0, 0.1) is 16.0 Å². The molecule has 0 bridgehead atoms. The van der Waals surface area contributed by atoms with E-state index in [1.807, 2.05) is 6.07 Å². The van der Waals surface area contributed by atoms with Crippen LogP contribution in [0.2, 0.25) is 0 Å². The Bertz CT molecular complexity index is 482. The fraction of sp³-hybridized carbons (Fsp3) is 0.600. The van der Waals surface area contributed by atoms with E-state index in [1.165, 1.54) is 31.7 Å². The monoisotopic (exact) mass is 277 g/mol. The van der Waals surface area contributed by atoms with Crippen molar-refractivity contribution in [1.29, 1.82) is 0 Å². The van der Waals surface area contributed by atoms with Gasteiger partial charge in [0, 0.05) is 18.7 Å². The average Bonchev–Trinajstić information content (AvgIpc) is 2.41. The largest absolute Gasteiger partial charge is 0.393 e. The topological polar surface area (TPSA) is 72.4 Å². The second kappa shape index (κ2) is 6.22. The lowest BCUT2D eigenvalue weighted by Gasteiger charge is -2.33. The Morgan fingerprint density at radius 3 is 2.60 bits per heavy atom. The van der Waals surface area contributed by atoms with Crippen LogP contribution in [0.3, 0.4) is 0 Å². The first-order valence-electron chi connectivity index (χ1n) is 7.21. The van der Waals surface area contributed by atoms with Gasteiger partial charge in [0.1, 0.15) is 5.69 Å². The lowest BCUT2D eigenvalue weighted by molar-refractivity contribution is -0.384. The highest BCUT2D eigenvalue weighted by Crippen LogP contribution is 2.30. The molecule has 0 unspecified atom stereocenters. The van der Waals surface area contributed by atoms with E-state index in [4.69, 9.17) is 5.73 Å². The number of hydrogen-bond donors (Lipinski definition) is 1. The summed E-state index contributed by atoms with van der Waals surface area (Å²) in [5.41, 5.74) is 7.07. The minimum Gasteiger partial charge on any atom is -0.393 e. The number of benzene rings is 1. The normalized spacial score (nSPS) is 22.9. The number of nitrogens with two attached hydrogens (primary N) is 1. The first-order chi connectivity index (χ1) is 9.49. The van der Waals surface area contributed by atoms with E-state index >= 15 is 0 Å². The summed E-state index contributed by atoms with van der Waals surface area (Å²) < 4.78 is 0. The van der Waals surface area contributed by atoms with E-state index in [0.29, 0.717) is 18.3 Å². The number of nitrogen functional groups attached to an aromatic ring is 1. The van der Waals surface area contributed by atoms with E-state index in [1.54, 1.807) is 6.07 Å². The van der Waals surface area contributed by atoms with Crippen molar-refractivity contribution >= 4 is 11.4 Å². The van der Waals surface area contributed by atoms with Crippen LogP contribution in [0.4, 0.5) is 11.4 Å². The molecule has 1 aromatic rings. The Morgan fingerprint density at radius 1 is 1.35 bits per heavy atom. The van der Waals surface area contributed by atoms with E-state index in [9.17, 15) is 10.1 Å². The number of nitro benzene ring substituents is 1. The first kappa shape index (κ1) is 14.8. The summed E-state index contributed by atoms with van der Waals surface area (Å²) in [6, 6.07) is 5.61. The van der Waals surface area contributed by atoms with Gasteiger partial charge in [-0.05, 0) is 44.2 Å². The van der Waals surface area contributed by atoms with Crippen molar-refractivity contribution in [3.05, 3.63) is 33.9 Å². The fourth-order valence-electron chi connectivity index (χ4n) is 2.98. The molecule has 1 aromatic carbocycles. The minimum atomic E-state index is -0.416. The van der Waals surface area contributed by atoms with Crippen molar-refractivity contribution in [2.45, 2.75) is 45.2 Å². The molecule has 0 atom stereocenters. The van der Waals surface area contributed by atoms with Crippen LogP contribution in [-0.4, -0.2) is 22.9 Å². The van der Waals surface area contributed by atoms with Gasteiger partial charge in [-0.3, -0.25) is 15.0 Å². The average molecular weight is 277 g/mol. The van der Waals surface area contributed by atoms with Gasteiger partial charge in [-0.1, -0.05) is 19.1 Å². The third-order valence-corrected chi connectivity index (χ3v) is 4.40. The van der Waals surface area contributed by atoms with Crippen LogP contribution < -0.4 is 5.73 Å². The van der Waals surface area contributed by atoms with E-state index in [2.05, 4.69) is 18.9 Å². The molecule has 20 heavy (non-hydrogen) atoms. The molecule has 2 N–H and O–H groups in total. The van der Waals surface area contributed by atoms with Gasteiger partial charge in [0.2, 0.25) is 0 Å². The lowest BCUT2D eigenvalue weighted by Crippen LogP contribution is -2.34. The second-order valence-corrected chi connectivity index (χ2v) is 5.94. The molecule has 5 nitrogen and oxygen atoms in total. The molecule has 5 heteroatoms. The van der Waals surface area contributed by atoms with Gasteiger partial charge in [0.15, 0.2) is 0 Å². The maximum atomic E-state index is 10.9. The Labute approximate surface area is 119 Å². The molecule has 110 valence electrons. The summed E-state index contributed by atoms with van der Waals surface area (Å²) in [4.78, 5) is 12.8. The quantitative estimate of drug-likeness (QED) is 0.521. The molecule has 1 saturated carbocycles. The smallest absolute Gasteiger partial charge is 0.292 e. The van der Waals surface area contributed by atoms with E-state index in [-0.39, 0.29) is 5.69 Å². The fourth-order valence-corrected chi connectivity index (χ4v) is 2.98. The molecule has 1 aliphatic rings. The second-order valence-electron chi connectivity index (χ2n) is 5.94. The van der Waals surface area contributed by atoms with Gasteiger partial charge in [-0.25, -0.2) is 0 Å². The molecular formula is C15H23N3O2. The molecular weight excluding hydrogens is 254 g/mol. The van der Waals surface area contributed by atoms with Gasteiger partial charge in [-0.2, -0.15) is 0 Å². The van der Waals surface area contributed by atoms with Crippen molar-refractivity contribution in [2.75, 3.05) is 12.8 Å². The van der Waals surface area contributed by atoms with E-state index < -0.39 is 4.92 Å². The number of anilines is 1. The summed E-state index contributed by atoms with van der Waals surface area (Å²) in [5.74, 6) is 0.822. The Balaban J connectivity index is 2.06. The third kappa shape index (κ3) is 3.28. The molecule has 0 amide bonds. The SMILES string of the molecule is CC1CCC(N(C)Cc2cccc([N+](=O)[O-])c2N)CC1. The van der Waals surface area contributed by atoms with Gasteiger partial charge >= 0.3 is 0 Å². The van der Waals surface area contributed by atoms with Gasteiger partial charge in [0.25, 0.3) is 5.69 Å². The first-order valence-corrected chi connectivity index (χ1v) is 7.21. The molecule has 0 aliphatic heterocycles. The minimum absolute atomic E-state index is 0.00756. The van der Waals surface area contributed by atoms with Crippen LogP contribution in [0.25, 0.3) is 0 Å². The lowest BCUT2D eigenvalue weighted by atomic mass is 9.86. The van der Waals surface area contributed by atoms with E-state index in [0.717, 1.165) is 11.5 Å². The highest BCUT2D eigenvalue weighted by atomic mass is 16.6. The molecule has 2 rings (SSSR count). The van der Waals surface area contributed by atoms with Gasteiger partial charge in [-0.15, -0.1) is 0 Å². The highest BCUT2D eigenvalue weighted by molar-refractivity contribution is 5.62. The van der Waals surface area contributed by atoms with Crippen molar-refractivity contribution in [2.24, 2.45) is 5.92 Å². The summed E-state index contributed by atoms with van der Waals surface area (Å²) >= 11 is 0. The van der Waals surface area contributed by atoms with Crippen molar-refractivity contribution < 1.29 is 4.92 Å². The standard InChI is InChI=1S/C15H23N3O2/c1-11-6-8-13(9-7-11)17(2)10-12-4-3-5-14(15(12)16)18(19)20/h3-5,11,13H,6-10,16H2,1-2H3. The number of hydrogen-bond acceptors (Lipinski definition) is 4. The molecule has 0 saturated heterocycles. The van der Waals surface area contributed by atoms with Crippen LogP contribution in [0.5, 0.6) is 0 Å². The maximum absolute atomic E-state index is 10.9. The zero-order valence-electron chi connectivity index (χ0n) is 12.2. The zero-order valence-corrected chi connectivity index (χ0v) is 12.2. The third-order valence-electron chi connectivity index (χ3n) is 4.40.